The topological polar surface area (TPSA) is 305 Å². The Bertz CT molecular complexity index is 1450. The number of esters is 6. The number of aromatic nitrogens is 1. The van der Waals surface area contributed by atoms with Gasteiger partial charge in [0.05, 0.1) is 52.4 Å². The number of ether oxygens (including phenoxy) is 3. The van der Waals surface area contributed by atoms with E-state index in [9.17, 15) is 47.9 Å². The molecule has 4 aliphatic rings. The van der Waals surface area contributed by atoms with Gasteiger partial charge in [-0.05, 0) is 37.8 Å². The number of carboxylic acids is 4. The maximum atomic E-state index is 11.5. The second-order valence-electron chi connectivity index (χ2n) is 13.8. The van der Waals surface area contributed by atoms with Crippen LogP contribution in [0, 0.1) is 0 Å². The average molecular weight is 838 g/mol. The Kier molecular flexibility index (Phi) is 21.5. The fourth-order valence-electron chi connectivity index (χ4n) is 7.31. The van der Waals surface area contributed by atoms with Crippen LogP contribution in [0.4, 0.5) is 0 Å². The van der Waals surface area contributed by atoms with E-state index in [4.69, 9.17) is 20.4 Å². The monoisotopic (exact) mass is 837 g/mol. The summed E-state index contributed by atoms with van der Waals surface area (Å²) in [5.41, 5.74) is 0. The van der Waals surface area contributed by atoms with Crippen LogP contribution in [0.15, 0.2) is 30.6 Å². The minimum atomic E-state index is -1.19. The van der Waals surface area contributed by atoms with E-state index in [1.807, 2.05) is 28.0 Å². The van der Waals surface area contributed by atoms with Crippen molar-refractivity contribution in [1.29, 1.82) is 0 Å². The molecule has 0 bridgehead atoms. The number of hydrogen-bond donors (Lipinski definition) is 4. The second-order valence-corrected chi connectivity index (χ2v) is 13.8. The van der Waals surface area contributed by atoms with E-state index < -0.39 is 98.0 Å². The SMILES string of the molecule is CC(=O)OC(C)=O.O=C(O)CN(CC(=O)O)C1CCCCC1N(CC(=O)O)CC(=O)O.O=C1CN(C2CCCCC2N2CC(=O)OC(=O)C2)CC(=O)O1.c1ccncc1. The minimum absolute atomic E-state index is 0.0377. The van der Waals surface area contributed by atoms with Gasteiger partial charge >= 0.3 is 59.7 Å². The van der Waals surface area contributed by atoms with Crippen molar-refractivity contribution < 1.29 is 82.6 Å². The Balaban J connectivity index is 0.000000313. The Morgan fingerprint density at radius 3 is 1.10 bits per heavy atom. The lowest BCUT2D eigenvalue weighted by Crippen LogP contribution is -2.60. The molecular weight excluding hydrogens is 786 g/mol. The fourth-order valence-corrected chi connectivity index (χ4v) is 7.31. The molecule has 22 nitrogen and oxygen atoms in total. The maximum Gasteiger partial charge on any atom is 0.327 e. The summed E-state index contributed by atoms with van der Waals surface area (Å²) in [5.74, 6) is -8.08. The van der Waals surface area contributed by atoms with Crippen LogP contribution in [-0.4, -0.2) is 181 Å². The summed E-state index contributed by atoms with van der Waals surface area (Å²) in [5, 5.41) is 36.0. The van der Waals surface area contributed by atoms with Crippen molar-refractivity contribution in [3.8, 4) is 0 Å². The Morgan fingerprint density at radius 2 is 0.881 bits per heavy atom. The van der Waals surface area contributed by atoms with Crippen molar-refractivity contribution in [2.75, 3.05) is 52.4 Å². The van der Waals surface area contributed by atoms with Crippen molar-refractivity contribution in [3.63, 3.8) is 0 Å². The summed E-state index contributed by atoms with van der Waals surface area (Å²) < 4.78 is 13.1. The predicted molar refractivity (Wildman–Crippen MR) is 198 cm³/mol. The molecule has 2 aliphatic carbocycles. The number of cyclic esters (lactones) is 4. The van der Waals surface area contributed by atoms with Crippen LogP contribution in [0.2, 0.25) is 0 Å². The van der Waals surface area contributed by atoms with Crippen LogP contribution < -0.4 is 0 Å². The van der Waals surface area contributed by atoms with Crippen molar-refractivity contribution >= 4 is 59.7 Å². The van der Waals surface area contributed by atoms with E-state index in [1.54, 1.807) is 12.4 Å². The average Bonchev–Trinajstić information content (AvgIpc) is 3.14. The number of nitrogens with zero attached hydrogens (tertiary/aromatic N) is 5. The molecule has 59 heavy (non-hydrogen) atoms. The molecular formula is C37H51N5O17. The smallest absolute Gasteiger partial charge is 0.327 e. The highest BCUT2D eigenvalue weighted by atomic mass is 16.6. The molecule has 0 radical (unpaired) electrons. The first-order valence-corrected chi connectivity index (χ1v) is 18.7. The van der Waals surface area contributed by atoms with Gasteiger partial charge in [-0.15, -0.1) is 0 Å². The van der Waals surface area contributed by atoms with E-state index in [0.717, 1.165) is 38.5 Å². The molecule has 4 atom stereocenters. The van der Waals surface area contributed by atoms with E-state index >= 15 is 0 Å². The van der Waals surface area contributed by atoms with Crippen LogP contribution >= 0.6 is 0 Å². The zero-order valence-electron chi connectivity index (χ0n) is 32.8. The van der Waals surface area contributed by atoms with Crippen LogP contribution in [0.5, 0.6) is 0 Å². The fraction of sp³-hybridized carbons (Fsp3) is 0.595. The number of hydrogen-bond acceptors (Lipinski definition) is 18. The summed E-state index contributed by atoms with van der Waals surface area (Å²) in [6, 6.07) is 4.59. The number of carbonyl (C=O) groups is 10. The highest BCUT2D eigenvalue weighted by Crippen LogP contribution is 2.29. The summed E-state index contributed by atoms with van der Waals surface area (Å²) in [6.45, 7) is 0.644. The largest absolute Gasteiger partial charge is 0.480 e. The highest BCUT2D eigenvalue weighted by molar-refractivity contribution is 5.91. The van der Waals surface area contributed by atoms with Gasteiger partial charge in [-0.25, -0.2) is 0 Å². The number of carboxylic acid groups (broad SMARTS) is 4. The molecule has 0 spiro atoms. The van der Waals surface area contributed by atoms with Crippen molar-refractivity contribution in [2.45, 2.75) is 89.4 Å². The molecule has 2 saturated heterocycles. The van der Waals surface area contributed by atoms with Crippen molar-refractivity contribution in [1.82, 2.24) is 24.6 Å². The molecule has 326 valence electrons. The van der Waals surface area contributed by atoms with Gasteiger partial charge in [0.25, 0.3) is 0 Å². The molecule has 0 amide bonds. The molecule has 0 aromatic carbocycles. The molecule has 4 unspecified atom stereocenters. The van der Waals surface area contributed by atoms with E-state index in [0.29, 0.717) is 12.8 Å². The molecule has 1 aromatic heterocycles. The second kappa shape index (κ2) is 25.6. The first-order chi connectivity index (χ1) is 27.9. The Labute approximate surface area is 338 Å². The predicted octanol–water partition coefficient (Wildman–Crippen LogP) is -0.514. The summed E-state index contributed by atoms with van der Waals surface area (Å²) >= 11 is 0. The van der Waals surface area contributed by atoms with Gasteiger partial charge in [-0.1, -0.05) is 31.7 Å². The van der Waals surface area contributed by atoms with E-state index in [1.165, 1.54) is 23.6 Å². The maximum absolute atomic E-state index is 11.5. The number of morpholine rings is 2. The third-order valence-electron chi connectivity index (χ3n) is 9.26. The molecule has 2 saturated carbocycles. The molecule has 1 aromatic rings. The standard InChI is InChI=1S/C14H22N2O8.C14H18N2O6.C5H5N.C4H6O3/c17-11(18)5-15(6-12(19)20)9-3-1-2-4-10(9)16(7-13(21)22)8-14(23)24;17-11-5-15(6-12(18)21-11)9-3-1-2-4-10(9)16-7-13(19)22-14(20)8-16;1-2-4-6-5-3-1;1-3(5)7-4(2)6/h9-10H,1-8H2,(H,17,18)(H,19,20)(H,21,22)(H,23,24);9-10H,1-8H2;1-5H;1-2H3. The van der Waals surface area contributed by atoms with Crippen LogP contribution in [0.1, 0.15) is 65.2 Å². The van der Waals surface area contributed by atoms with Crippen LogP contribution in [0.3, 0.4) is 0 Å². The molecule has 22 heteroatoms. The van der Waals surface area contributed by atoms with Crippen molar-refractivity contribution in [3.05, 3.63) is 30.6 Å². The van der Waals surface area contributed by atoms with Gasteiger partial charge in [0, 0.05) is 50.4 Å². The van der Waals surface area contributed by atoms with Gasteiger partial charge in [0.2, 0.25) is 0 Å². The first-order valence-electron chi connectivity index (χ1n) is 18.7. The normalized spacial score (nSPS) is 22.1. The molecule has 4 N–H and O–H groups in total. The van der Waals surface area contributed by atoms with E-state index in [2.05, 4.69) is 19.2 Å². The van der Waals surface area contributed by atoms with Crippen LogP contribution in [-0.2, 0) is 62.2 Å². The number of aliphatic carboxylic acids is 4. The molecule has 2 aliphatic heterocycles. The zero-order chi connectivity index (χ0) is 44.1. The third-order valence-corrected chi connectivity index (χ3v) is 9.26. The quantitative estimate of drug-likeness (QED) is 0.117. The minimum Gasteiger partial charge on any atom is -0.480 e. The van der Waals surface area contributed by atoms with Gasteiger partial charge in [0.15, 0.2) is 0 Å². The summed E-state index contributed by atoms with van der Waals surface area (Å²) in [4.78, 5) is 120. The summed E-state index contributed by atoms with van der Waals surface area (Å²) in [7, 11) is 0. The molecule has 3 heterocycles. The highest BCUT2D eigenvalue weighted by Gasteiger charge is 2.41. The number of pyridine rings is 1. The van der Waals surface area contributed by atoms with Crippen molar-refractivity contribution in [2.24, 2.45) is 0 Å². The Hall–Kier alpha value is -5.71. The van der Waals surface area contributed by atoms with Gasteiger partial charge < -0.3 is 34.6 Å². The zero-order valence-corrected chi connectivity index (χ0v) is 32.8. The number of carbonyl (C=O) groups excluding carboxylic acids is 6. The number of rotatable bonds is 12. The van der Waals surface area contributed by atoms with Crippen LogP contribution in [0.25, 0.3) is 0 Å². The van der Waals surface area contributed by atoms with E-state index in [-0.39, 0.29) is 38.3 Å². The lowest BCUT2D eigenvalue weighted by molar-refractivity contribution is -0.174. The molecule has 5 rings (SSSR count). The van der Waals surface area contributed by atoms with Gasteiger partial charge in [-0.3, -0.25) is 72.5 Å². The third kappa shape index (κ3) is 19.5. The summed E-state index contributed by atoms with van der Waals surface area (Å²) in [6.07, 6.45) is 9.59. The van der Waals surface area contributed by atoms with Gasteiger partial charge in [-0.2, -0.15) is 0 Å². The lowest BCUT2D eigenvalue weighted by atomic mass is 9.87. The Morgan fingerprint density at radius 1 is 0.576 bits per heavy atom. The lowest BCUT2D eigenvalue weighted by Gasteiger charge is -2.45. The molecule has 4 fully saturated rings. The first kappa shape index (κ1) is 49.4. The van der Waals surface area contributed by atoms with Gasteiger partial charge in [0.1, 0.15) is 0 Å².